The van der Waals surface area contributed by atoms with Crippen LogP contribution in [0.1, 0.15) is 25.7 Å². The number of carboxylic acids is 1. The first kappa shape index (κ1) is 10.9. The summed E-state index contributed by atoms with van der Waals surface area (Å²) in [6.45, 7) is 1.37. The van der Waals surface area contributed by atoms with E-state index in [1.165, 1.54) is 0 Å². The highest BCUT2D eigenvalue weighted by Crippen LogP contribution is 2.19. The fraction of sp³-hybridized carbons (Fsp3) is 0.900. The van der Waals surface area contributed by atoms with Crippen molar-refractivity contribution in [2.45, 2.75) is 44.1 Å². The second-order valence-electron chi connectivity index (χ2n) is 4.09. The van der Waals surface area contributed by atoms with Crippen LogP contribution in [-0.2, 0) is 14.3 Å². The Morgan fingerprint density at radius 1 is 1.47 bits per heavy atom. The molecule has 3 atom stereocenters. The topological polar surface area (TPSA) is 67.8 Å². The minimum atomic E-state index is -0.800. The second-order valence-corrected chi connectivity index (χ2v) is 4.09. The summed E-state index contributed by atoms with van der Waals surface area (Å²) in [4.78, 5) is 10.7. The average molecular weight is 215 g/mol. The van der Waals surface area contributed by atoms with Crippen LogP contribution in [0.2, 0.25) is 0 Å². The Morgan fingerprint density at radius 3 is 2.93 bits per heavy atom. The van der Waals surface area contributed by atoms with E-state index in [-0.39, 0.29) is 12.4 Å². The number of hydrogen-bond donors (Lipinski definition) is 2. The van der Waals surface area contributed by atoms with E-state index < -0.39 is 12.0 Å². The molecule has 2 aliphatic rings. The predicted octanol–water partition coefficient (Wildman–Crippen LogP) is 0.345. The Bertz CT molecular complexity index is 227. The lowest BCUT2D eigenvalue weighted by molar-refractivity contribution is -0.184. The van der Waals surface area contributed by atoms with Crippen molar-refractivity contribution in [1.29, 1.82) is 0 Å². The smallest absolute Gasteiger partial charge is 0.320 e. The zero-order valence-electron chi connectivity index (χ0n) is 8.65. The second kappa shape index (κ2) is 4.92. The van der Waals surface area contributed by atoms with E-state index in [2.05, 4.69) is 5.32 Å². The Balaban J connectivity index is 1.74. The van der Waals surface area contributed by atoms with Gasteiger partial charge in [0.2, 0.25) is 0 Å². The van der Waals surface area contributed by atoms with Crippen molar-refractivity contribution in [2.75, 3.05) is 13.2 Å². The molecule has 15 heavy (non-hydrogen) atoms. The van der Waals surface area contributed by atoms with Gasteiger partial charge in [0, 0.05) is 19.6 Å². The zero-order valence-corrected chi connectivity index (χ0v) is 8.65. The first-order valence-corrected chi connectivity index (χ1v) is 5.49. The summed E-state index contributed by atoms with van der Waals surface area (Å²) < 4.78 is 11.1. The van der Waals surface area contributed by atoms with Gasteiger partial charge >= 0.3 is 5.97 Å². The Kier molecular flexibility index (Phi) is 3.56. The molecule has 2 N–H and O–H groups in total. The highest BCUT2D eigenvalue weighted by Gasteiger charge is 2.31. The molecule has 0 aromatic heterocycles. The summed E-state index contributed by atoms with van der Waals surface area (Å²) >= 11 is 0. The number of rotatable bonds is 3. The van der Waals surface area contributed by atoms with E-state index >= 15 is 0 Å². The Hall–Kier alpha value is -0.650. The van der Waals surface area contributed by atoms with Crippen LogP contribution in [-0.4, -0.2) is 42.7 Å². The lowest BCUT2D eigenvalue weighted by atomic mass is 10.2. The molecule has 0 bridgehead atoms. The molecule has 1 unspecified atom stereocenters. The van der Waals surface area contributed by atoms with Crippen molar-refractivity contribution in [3.8, 4) is 0 Å². The summed E-state index contributed by atoms with van der Waals surface area (Å²) in [7, 11) is 0. The number of hydrogen-bond acceptors (Lipinski definition) is 4. The number of carboxylic acid groups (broad SMARTS) is 1. The van der Waals surface area contributed by atoms with Gasteiger partial charge in [0.05, 0.1) is 6.10 Å². The molecule has 0 aromatic rings. The predicted molar refractivity (Wildman–Crippen MR) is 52.5 cm³/mol. The third kappa shape index (κ3) is 2.90. The van der Waals surface area contributed by atoms with Gasteiger partial charge in [-0.2, -0.15) is 0 Å². The molecule has 5 nitrogen and oxygen atoms in total. The van der Waals surface area contributed by atoms with Crippen LogP contribution in [0.4, 0.5) is 0 Å². The van der Waals surface area contributed by atoms with Crippen molar-refractivity contribution < 1.29 is 19.4 Å². The maximum Gasteiger partial charge on any atom is 0.320 e. The monoisotopic (exact) mass is 215 g/mol. The molecule has 0 radical (unpaired) electrons. The van der Waals surface area contributed by atoms with Gasteiger partial charge in [0.25, 0.3) is 0 Å². The van der Waals surface area contributed by atoms with E-state index in [0.29, 0.717) is 13.0 Å². The van der Waals surface area contributed by atoms with Crippen LogP contribution in [0.15, 0.2) is 0 Å². The fourth-order valence-electron chi connectivity index (χ4n) is 2.03. The molecule has 86 valence electrons. The van der Waals surface area contributed by atoms with Crippen LogP contribution in [0.5, 0.6) is 0 Å². The summed E-state index contributed by atoms with van der Waals surface area (Å²) in [6, 6.07) is -0.460. The van der Waals surface area contributed by atoms with Crippen molar-refractivity contribution in [1.82, 2.24) is 5.32 Å². The van der Waals surface area contributed by atoms with E-state index in [9.17, 15) is 4.79 Å². The zero-order chi connectivity index (χ0) is 10.7. The van der Waals surface area contributed by atoms with Gasteiger partial charge in [-0.15, -0.1) is 0 Å². The molecule has 0 aromatic carbocycles. The third-order valence-corrected chi connectivity index (χ3v) is 2.87. The fourth-order valence-corrected chi connectivity index (χ4v) is 2.03. The van der Waals surface area contributed by atoms with Gasteiger partial charge < -0.3 is 19.9 Å². The van der Waals surface area contributed by atoms with Gasteiger partial charge in [-0.3, -0.25) is 4.79 Å². The van der Waals surface area contributed by atoms with Gasteiger partial charge in [-0.05, 0) is 19.3 Å². The molecule has 2 aliphatic heterocycles. The normalized spacial score (nSPS) is 36.7. The maximum atomic E-state index is 10.7. The third-order valence-electron chi connectivity index (χ3n) is 2.87. The standard InChI is InChI=1S/C10H17NO4/c12-10(13)8-5-7(6-11-8)15-9-3-1-2-4-14-9/h7-9,11H,1-6H2,(H,12,13)/t7-,8+,9?/m1/s1. The lowest BCUT2D eigenvalue weighted by Crippen LogP contribution is -2.30. The molecule has 2 rings (SSSR count). The molecule has 2 heterocycles. The minimum Gasteiger partial charge on any atom is -0.480 e. The van der Waals surface area contributed by atoms with Gasteiger partial charge in [-0.25, -0.2) is 0 Å². The molecule has 2 fully saturated rings. The average Bonchev–Trinajstić information content (AvgIpc) is 2.68. The van der Waals surface area contributed by atoms with E-state index in [1.807, 2.05) is 0 Å². The van der Waals surface area contributed by atoms with Crippen molar-refractivity contribution >= 4 is 5.97 Å². The maximum absolute atomic E-state index is 10.7. The number of nitrogens with one attached hydrogen (secondary N) is 1. The first-order valence-electron chi connectivity index (χ1n) is 5.49. The SMILES string of the molecule is O=C(O)[C@@H]1C[C@@H](OC2CCCCO2)CN1. The van der Waals surface area contributed by atoms with Crippen molar-refractivity contribution in [3.63, 3.8) is 0 Å². The summed E-state index contributed by atoms with van der Waals surface area (Å²) in [5.74, 6) is -0.800. The Labute approximate surface area is 88.7 Å². The van der Waals surface area contributed by atoms with E-state index in [4.69, 9.17) is 14.6 Å². The minimum absolute atomic E-state index is 0.0193. The van der Waals surface area contributed by atoms with Crippen LogP contribution < -0.4 is 5.32 Å². The van der Waals surface area contributed by atoms with E-state index in [1.54, 1.807) is 0 Å². The quantitative estimate of drug-likeness (QED) is 0.710. The molecular formula is C10H17NO4. The van der Waals surface area contributed by atoms with Crippen LogP contribution in [0, 0.1) is 0 Å². The van der Waals surface area contributed by atoms with Crippen LogP contribution in [0.25, 0.3) is 0 Å². The number of ether oxygens (including phenoxy) is 2. The lowest BCUT2D eigenvalue weighted by Gasteiger charge is -2.25. The molecule has 0 amide bonds. The number of carbonyl (C=O) groups is 1. The van der Waals surface area contributed by atoms with Crippen molar-refractivity contribution in [3.05, 3.63) is 0 Å². The molecule has 5 heteroatoms. The van der Waals surface area contributed by atoms with E-state index in [0.717, 1.165) is 25.9 Å². The largest absolute Gasteiger partial charge is 0.480 e. The molecule has 0 spiro atoms. The highest BCUT2D eigenvalue weighted by atomic mass is 16.7. The van der Waals surface area contributed by atoms with Gasteiger partial charge in [0.1, 0.15) is 6.04 Å². The summed E-state index contributed by atoms with van der Waals surface area (Å²) in [6.07, 6.45) is 3.55. The number of aliphatic carboxylic acids is 1. The van der Waals surface area contributed by atoms with Crippen LogP contribution in [0.3, 0.4) is 0 Å². The van der Waals surface area contributed by atoms with Gasteiger partial charge in [-0.1, -0.05) is 0 Å². The first-order chi connectivity index (χ1) is 7.25. The molecular weight excluding hydrogens is 198 g/mol. The van der Waals surface area contributed by atoms with Crippen molar-refractivity contribution in [2.24, 2.45) is 0 Å². The summed E-state index contributed by atoms with van der Waals surface area (Å²) in [5.41, 5.74) is 0. The molecule has 0 saturated carbocycles. The summed E-state index contributed by atoms with van der Waals surface area (Å²) in [5, 5.41) is 11.7. The highest BCUT2D eigenvalue weighted by molar-refractivity contribution is 5.73. The Morgan fingerprint density at radius 2 is 2.33 bits per heavy atom. The molecule has 0 aliphatic carbocycles. The van der Waals surface area contributed by atoms with Crippen LogP contribution >= 0.6 is 0 Å². The van der Waals surface area contributed by atoms with Gasteiger partial charge in [0.15, 0.2) is 6.29 Å². The molecule has 2 saturated heterocycles.